The molecule has 2 aliphatic rings. The predicted octanol–water partition coefficient (Wildman–Crippen LogP) is 0.243. The monoisotopic (exact) mass is 341 g/mol. The van der Waals surface area contributed by atoms with Crippen molar-refractivity contribution in [3.8, 4) is 0 Å². The van der Waals surface area contributed by atoms with Gasteiger partial charge in [0.25, 0.3) is 0 Å². The van der Waals surface area contributed by atoms with Crippen LogP contribution in [0.2, 0.25) is 0 Å². The Kier molecular flexibility index (Phi) is 4.75. The fourth-order valence-electron chi connectivity index (χ4n) is 3.23. The van der Waals surface area contributed by atoms with Gasteiger partial charge in [0.15, 0.2) is 0 Å². The minimum atomic E-state index is -2.88. The zero-order chi connectivity index (χ0) is 16.6. The van der Waals surface area contributed by atoms with Gasteiger partial charge < -0.3 is 9.47 Å². The zero-order valence-electron chi connectivity index (χ0n) is 14.3. The summed E-state index contributed by atoms with van der Waals surface area (Å²) in [6.07, 6.45) is 4.85. The van der Waals surface area contributed by atoms with Crippen LogP contribution in [0.25, 0.3) is 0 Å². The number of likely N-dealkylation sites (N-methyl/N-ethyl adjacent to an activating group) is 1. The molecule has 1 aliphatic heterocycles. The molecule has 1 atom stereocenters. The molecule has 3 rings (SSSR count). The van der Waals surface area contributed by atoms with Gasteiger partial charge in [-0.15, -0.1) is 10.2 Å². The molecule has 0 N–H and O–H groups in total. The maximum absolute atomic E-state index is 11.3. The van der Waals surface area contributed by atoms with E-state index in [1.54, 1.807) is 0 Å². The molecule has 1 unspecified atom stereocenters. The first-order valence-electron chi connectivity index (χ1n) is 8.32. The Bertz CT molecular complexity index is 653. The first kappa shape index (κ1) is 16.9. The Morgan fingerprint density at radius 3 is 2.65 bits per heavy atom. The van der Waals surface area contributed by atoms with Crippen LogP contribution in [0.4, 0.5) is 0 Å². The first-order chi connectivity index (χ1) is 10.8. The van der Waals surface area contributed by atoms with Crippen molar-refractivity contribution in [2.75, 3.05) is 38.7 Å². The highest BCUT2D eigenvalue weighted by Crippen LogP contribution is 2.38. The van der Waals surface area contributed by atoms with E-state index in [2.05, 4.69) is 38.7 Å². The van der Waals surface area contributed by atoms with Crippen LogP contribution in [-0.2, 0) is 23.4 Å². The quantitative estimate of drug-likeness (QED) is 0.708. The van der Waals surface area contributed by atoms with Crippen molar-refractivity contribution < 1.29 is 8.42 Å². The van der Waals surface area contributed by atoms with E-state index in [1.807, 2.05) is 0 Å². The molecule has 1 aliphatic carbocycles. The van der Waals surface area contributed by atoms with Gasteiger partial charge >= 0.3 is 0 Å². The van der Waals surface area contributed by atoms with Crippen molar-refractivity contribution in [2.24, 2.45) is 7.05 Å². The Labute approximate surface area is 138 Å². The lowest BCUT2D eigenvalue weighted by molar-refractivity contribution is 0.221. The van der Waals surface area contributed by atoms with Crippen molar-refractivity contribution in [2.45, 2.75) is 37.8 Å². The summed E-state index contributed by atoms with van der Waals surface area (Å²) in [7, 11) is 1.30. The fourth-order valence-corrected chi connectivity index (χ4v) is 3.82. The van der Waals surface area contributed by atoms with Gasteiger partial charge in [-0.05, 0) is 32.9 Å². The summed E-state index contributed by atoms with van der Waals surface area (Å²) in [4.78, 5) is 4.57. The lowest BCUT2D eigenvalue weighted by atomic mass is 10.2. The van der Waals surface area contributed by atoms with Crippen LogP contribution in [-0.4, -0.2) is 77.7 Å². The second-order valence-corrected chi connectivity index (χ2v) is 9.36. The third-order valence-electron chi connectivity index (χ3n) is 4.98. The highest BCUT2D eigenvalue weighted by atomic mass is 32.2. The topological polar surface area (TPSA) is 71.3 Å². The third kappa shape index (κ3) is 4.30. The Balaban J connectivity index is 1.52. The summed E-state index contributed by atoms with van der Waals surface area (Å²) < 4.78 is 24.7. The summed E-state index contributed by atoms with van der Waals surface area (Å²) in [5.41, 5.74) is 0. The minimum absolute atomic E-state index is 0.247. The van der Waals surface area contributed by atoms with Crippen LogP contribution in [0.5, 0.6) is 0 Å². The maximum atomic E-state index is 11.3. The highest BCUT2D eigenvalue weighted by molar-refractivity contribution is 7.90. The molecule has 0 bridgehead atoms. The Hall–Kier alpha value is -0.990. The number of rotatable bonds is 7. The van der Waals surface area contributed by atoms with Crippen molar-refractivity contribution in [1.29, 1.82) is 0 Å². The van der Waals surface area contributed by atoms with E-state index in [0.717, 1.165) is 37.7 Å². The average molecular weight is 341 g/mol. The molecular weight excluding hydrogens is 314 g/mol. The van der Waals surface area contributed by atoms with E-state index in [1.165, 1.54) is 19.1 Å². The molecule has 0 radical (unpaired) electrons. The van der Waals surface area contributed by atoms with Gasteiger partial charge in [-0.2, -0.15) is 0 Å². The van der Waals surface area contributed by atoms with Gasteiger partial charge in [-0.25, -0.2) is 8.42 Å². The van der Waals surface area contributed by atoms with Crippen LogP contribution < -0.4 is 0 Å². The maximum Gasteiger partial charge on any atom is 0.148 e. The predicted molar refractivity (Wildman–Crippen MR) is 89.0 cm³/mol. The molecule has 0 spiro atoms. The molecule has 8 heteroatoms. The molecule has 1 aromatic heterocycles. The molecule has 0 aromatic carbocycles. The van der Waals surface area contributed by atoms with Crippen molar-refractivity contribution in [3.05, 3.63) is 11.6 Å². The SMILES string of the molecule is CN(Cc1nnc(C2CC2)n1C)C1CCN(CCS(C)(=O)=O)C1. The van der Waals surface area contributed by atoms with Gasteiger partial charge in [-0.1, -0.05) is 0 Å². The summed E-state index contributed by atoms with van der Waals surface area (Å²) in [6.45, 7) is 3.33. The van der Waals surface area contributed by atoms with E-state index in [0.29, 0.717) is 18.5 Å². The summed E-state index contributed by atoms with van der Waals surface area (Å²) >= 11 is 0. The van der Waals surface area contributed by atoms with Crippen molar-refractivity contribution in [3.63, 3.8) is 0 Å². The smallest absolute Gasteiger partial charge is 0.148 e. The van der Waals surface area contributed by atoms with E-state index in [9.17, 15) is 8.42 Å². The average Bonchev–Trinajstić information content (AvgIpc) is 3.08. The Morgan fingerprint density at radius 1 is 1.26 bits per heavy atom. The van der Waals surface area contributed by atoms with Crippen LogP contribution in [0.1, 0.15) is 36.8 Å². The molecule has 1 aromatic rings. The molecule has 2 heterocycles. The molecule has 130 valence electrons. The van der Waals surface area contributed by atoms with E-state index < -0.39 is 9.84 Å². The van der Waals surface area contributed by atoms with Crippen LogP contribution >= 0.6 is 0 Å². The summed E-state index contributed by atoms with van der Waals surface area (Å²) in [6, 6.07) is 0.454. The molecule has 0 amide bonds. The van der Waals surface area contributed by atoms with E-state index in [4.69, 9.17) is 0 Å². The number of hydrogen-bond donors (Lipinski definition) is 0. The standard InChI is InChI=1S/C15H27N5O2S/c1-18(11-14-16-17-15(19(14)2)12-4-5-12)13-6-7-20(10-13)8-9-23(3,21)22/h12-13H,4-11H2,1-3H3. The van der Waals surface area contributed by atoms with Gasteiger partial charge in [0, 0.05) is 38.4 Å². The highest BCUT2D eigenvalue weighted by Gasteiger charge is 2.30. The summed E-state index contributed by atoms with van der Waals surface area (Å²) in [5, 5.41) is 8.69. The number of aromatic nitrogens is 3. The molecular formula is C15H27N5O2S. The van der Waals surface area contributed by atoms with Crippen molar-refractivity contribution in [1.82, 2.24) is 24.6 Å². The van der Waals surface area contributed by atoms with Gasteiger partial charge in [0.1, 0.15) is 21.5 Å². The minimum Gasteiger partial charge on any atom is -0.317 e. The van der Waals surface area contributed by atoms with Gasteiger partial charge in [0.05, 0.1) is 12.3 Å². The second-order valence-electron chi connectivity index (χ2n) is 7.10. The van der Waals surface area contributed by atoms with E-state index >= 15 is 0 Å². The third-order valence-corrected chi connectivity index (χ3v) is 5.91. The van der Waals surface area contributed by atoms with Gasteiger partial charge in [0.2, 0.25) is 0 Å². The fraction of sp³-hybridized carbons (Fsp3) is 0.867. The van der Waals surface area contributed by atoms with Crippen LogP contribution in [0.15, 0.2) is 0 Å². The number of sulfone groups is 1. The first-order valence-corrected chi connectivity index (χ1v) is 10.4. The summed E-state index contributed by atoms with van der Waals surface area (Å²) in [5.74, 6) is 3.00. The zero-order valence-corrected chi connectivity index (χ0v) is 15.1. The lowest BCUT2D eigenvalue weighted by Gasteiger charge is -2.24. The number of nitrogens with zero attached hydrogens (tertiary/aromatic N) is 5. The Morgan fingerprint density at radius 2 is 2.00 bits per heavy atom. The van der Waals surface area contributed by atoms with Crippen LogP contribution in [0.3, 0.4) is 0 Å². The van der Waals surface area contributed by atoms with E-state index in [-0.39, 0.29) is 5.75 Å². The second kappa shape index (κ2) is 6.49. The van der Waals surface area contributed by atoms with Gasteiger partial charge in [-0.3, -0.25) is 4.90 Å². The molecule has 2 fully saturated rings. The molecule has 7 nitrogen and oxygen atoms in total. The van der Waals surface area contributed by atoms with Crippen molar-refractivity contribution >= 4 is 9.84 Å². The molecule has 1 saturated carbocycles. The molecule has 1 saturated heterocycles. The molecule has 23 heavy (non-hydrogen) atoms. The largest absolute Gasteiger partial charge is 0.317 e. The normalized spacial score (nSPS) is 23.0. The number of likely N-dealkylation sites (tertiary alicyclic amines) is 1. The van der Waals surface area contributed by atoms with Crippen LogP contribution in [0, 0.1) is 0 Å². The lowest BCUT2D eigenvalue weighted by Crippen LogP contribution is -2.36. The number of hydrogen-bond acceptors (Lipinski definition) is 6.